The first-order chi connectivity index (χ1) is 11.4. The lowest BCUT2D eigenvalue weighted by molar-refractivity contribution is -0.126. The van der Waals surface area contributed by atoms with Gasteiger partial charge in [0.25, 0.3) is 5.91 Å². The molecule has 0 atom stereocenters. The first-order valence-electron chi connectivity index (χ1n) is 7.29. The normalized spacial score (nSPS) is 14.1. The molecule has 0 spiro atoms. The molecule has 1 fully saturated rings. The third-order valence-electron chi connectivity index (χ3n) is 3.45. The zero-order valence-electron chi connectivity index (χ0n) is 13.0. The summed E-state index contributed by atoms with van der Waals surface area (Å²) >= 11 is 3.25. The molecule has 1 heterocycles. The van der Waals surface area contributed by atoms with Gasteiger partial charge in [0.2, 0.25) is 11.8 Å². The van der Waals surface area contributed by atoms with Crippen molar-refractivity contribution in [1.29, 1.82) is 0 Å². The summed E-state index contributed by atoms with van der Waals surface area (Å²) in [5.41, 5.74) is 5.02. The highest BCUT2D eigenvalue weighted by Gasteiger charge is 2.32. The zero-order chi connectivity index (χ0) is 17.7. The van der Waals surface area contributed by atoms with E-state index in [1.807, 2.05) is 0 Å². The number of hydrogen-bond acceptors (Lipinski definition) is 4. The molecule has 24 heavy (non-hydrogen) atoms. The van der Waals surface area contributed by atoms with Crippen LogP contribution in [0.3, 0.4) is 0 Å². The third kappa shape index (κ3) is 4.31. The number of carbonyl (C=O) groups excluding carboxylic acids is 4. The number of nitrogens with one attached hydrogen (secondary N) is 2. The van der Waals surface area contributed by atoms with Crippen LogP contribution in [0.2, 0.25) is 0 Å². The minimum atomic E-state index is -0.442. The maximum absolute atomic E-state index is 11.9. The Balaban J connectivity index is 1.72. The van der Waals surface area contributed by atoms with Gasteiger partial charge in [0.1, 0.15) is 6.54 Å². The number of carbonyl (C=O) groups is 4. The summed E-state index contributed by atoms with van der Waals surface area (Å²) in [5.74, 6) is -1.12. The second kappa shape index (κ2) is 7.91. The average Bonchev–Trinajstić information content (AvgIpc) is 2.79. The van der Waals surface area contributed by atoms with E-state index >= 15 is 0 Å². The summed E-state index contributed by atoms with van der Waals surface area (Å²) in [6, 6.07) is 6.47. The molecule has 0 aromatic heterocycles. The lowest BCUT2D eigenvalue weighted by Gasteiger charge is -2.14. The van der Waals surface area contributed by atoms with Gasteiger partial charge in [-0.05, 0) is 34.5 Å². The molecule has 1 aliphatic heterocycles. The Labute approximate surface area is 147 Å². The number of hydrogen-bond donors (Lipinski definition) is 2. The molecule has 2 N–H and O–H groups in total. The molecule has 0 unspecified atom stereocenters. The van der Waals surface area contributed by atoms with Crippen molar-refractivity contribution < 1.29 is 19.2 Å². The van der Waals surface area contributed by atoms with Crippen LogP contribution in [0.25, 0.3) is 0 Å². The number of nitrogens with zero attached hydrogens (tertiary/aromatic N) is 2. The average molecular weight is 397 g/mol. The van der Waals surface area contributed by atoms with Gasteiger partial charge < -0.3 is 4.90 Å². The van der Waals surface area contributed by atoms with Crippen LogP contribution in [-0.2, 0) is 9.59 Å². The number of hydrazine groups is 1. The topological polar surface area (TPSA) is 98.8 Å². The fraction of sp³-hybridized carbons (Fsp3) is 0.333. The molecule has 0 saturated carbocycles. The Kier molecular flexibility index (Phi) is 5.91. The number of imide groups is 1. The molecular weight excluding hydrogens is 380 g/mol. The zero-order valence-corrected chi connectivity index (χ0v) is 14.6. The van der Waals surface area contributed by atoms with Gasteiger partial charge in [-0.25, -0.2) is 4.79 Å². The Hall–Kier alpha value is -2.42. The molecule has 1 aromatic rings. The summed E-state index contributed by atoms with van der Waals surface area (Å²) < 4.78 is 0.618. The number of halogens is 1. The standard InChI is InChI=1S/C15H17BrN4O4/c1-19-9-13(22)20(15(19)24)8-4-7-12(21)17-18-14(23)10-5-2-3-6-11(10)16/h2-3,5-6H,4,7-9H2,1H3,(H,17,21)(H,18,23). The van der Waals surface area contributed by atoms with Gasteiger partial charge in [-0.15, -0.1) is 0 Å². The van der Waals surface area contributed by atoms with Crippen molar-refractivity contribution in [2.24, 2.45) is 0 Å². The number of urea groups is 1. The Morgan fingerprint density at radius 1 is 1.21 bits per heavy atom. The van der Waals surface area contributed by atoms with Gasteiger partial charge in [0, 0.05) is 24.5 Å². The van der Waals surface area contributed by atoms with Crippen molar-refractivity contribution in [2.75, 3.05) is 20.1 Å². The molecule has 128 valence electrons. The molecule has 1 aliphatic rings. The molecule has 0 bridgehead atoms. The molecular formula is C15H17BrN4O4. The number of benzene rings is 1. The molecule has 1 aromatic carbocycles. The minimum absolute atomic E-state index is 0.0625. The second-order valence-electron chi connectivity index (χ2n) is 5.27. The molecule has 5 amide bonds. The summed E-state index contributed by atoms with van der Waals surface area (Å²) in [7, 11) is 1.55. The van der Waals surface area contributed by atoms with Crippen molar-refractivity contribution in [1.82, 2.24) is 20.7 Å². The Morgan fingerprint density at radius 2 is 1.92 bits per heavy atom. The SMILES string of the molecule is CN1CC(=O)N(CCCC(=O)NNC(=O)c2ccccc2Br)C1=O. The summed E-state index contributed by atoms with van der Waals surface area (Å²) in [5, 5.41) is 0. The van der Waals surface area contributed by atoms with Gasteiger partial charge in [0.05, 0.1) is 5.56 Å². The van der Waals surface area contributed by atoms with Crippen molar-refractivity contribution in [3.8, 4) is 0 Å². The fourth-order valence-electron chi connectivity index (χ4n) is 2.19. The van der Waals surface area contributed by atoms with Crippen molar-refractivity contribution >= 4 is 39.7 Å². The molecule has 9 heteroatoms. The van der Waals surface area contributed by atoms with Gasteiger partial charge in [-0.3, -0.25) is 30.1 Å². The van der Waals surface area contributed by atoms with Crippen LogP contribution in [0.5, 0.6) is 0 Å². The summed E-state index contributed by atoms with van der Waals surface area (Å²) in [6.45, 7) is 0.237. The van der Waals surface area contributed by atoms with Crippen LogP contribution >= 0.6 is 15.9 Å². The largest absolute Gasteiger partial charge is 0.326 e. The van der Waals surface area contributed by atoms with E-state index in [4.69, 9.17) is 0 Å². The van der Waals surface area contributed by atoms with E-state index in [2.05, 4.69) is 26.8 Å². The fourth-order valence-corrected chi connectivity index (χ4v) is 2.65. The van der Waals surface area contributed by atoms with Crippen LogP contribution in [0.15, 0.2) is 28.7 Å². The van der Waals surface area contributed by atoms with E-state index in [1.54, 1.807) is 31.3 Å². The Morgan fingerprint density at radius 3 is 2.54 bits per heavy atom. The van der Waals surface area contributed by atoms with E-state index < -0.39 is 11.8 Å². The monoisotopic (exact) mass is 396 g/mol. The van der Waals surface area contributed by atoms with E-state index in [-0.39, 0.29) is 31.4 Å². The van der Waals surface area contributed by atoms with Crippen LogP contribution in [0.4, 0.5) is 4.79 Å². The van der Waals surface area contributed by atoms with Crippen molar-refractivity contribution in [2.45, 2.75) is 12.8 Å². The van der Waals surface area contributed by atoms with Crippen molar-refractivity contribution in [3.63, 3.8) is 0 Å². The van der Waals surface area contributed by atoms with E-state index in [0.29, 0.717) is 16.5 Å². The number of rotatable bonds is 5. The summed E-state index contributed by atoms with van der Waals surface area (Å²) in [6.07, 6.45) is 0.402. The van der Waals surface area contributed by atoms with E-state index in [1.165, 1.54) is 4.90 Å². The predicted octanol–water partition coefficient (Wildman–Crippen LogP) is 0.884. The third-order valence-corrected chi connectivity index (χ3v) is 4.14. The Bertz CT molecular complexity index is 679. The van der Waals surface area contributed by atoms with Gasteiger partial charge in [-0.2, -0.15) is 0 Å². The predicted molar refractivity (Wildman–Crippen MR) is 88.7 cm³/mol. The molecule has 2 rings (SSSR count). The molecule has 0 radical (unpaired) electrons. The maximum Gasteiger partial charge on any atom is 0.326 e. The van der Waals surface area contributed by atoms with Crippen LogP contribution in [0.1, 0.15) is 23.2 Å². The van der Waals surface area contributed by atoms with Gasteiger partial charge in [0.15, 0.2) is 0 Å². The van der Waals surface area contributed by atoms with E-state index in [0.717, 1.165) is 4.90 Å². The van der Waals surface area contributed by atoms with Crippen molar-refractivity contribution in [3.05, 3.63) is 34.3 Å². The minimum Gasteiger partial charge on any atom is -0.318 e. The molecule has 8 nitrogen and oxygen atoms in total. The van der Waals surface area contributed by atoms with Crippen LogP contribution < -0.4 is 10.9 Å². The lowest BCUT2D eigenvalue weighted by atomic mass is 10.2. The molecule has 0 aliphatic carbocycles. The maximum atomic E-state index is 11.9. The quantitative estimate of drug-likeness (QED) is 0.570. The van der Waals surface area contributed by atoms with Crippen LogP contribution in [-0.4, -0.2) is 53.7 Å². The summed E-state index contributed by atoms with van der Waals surface area (Å²) in [4.78, 5) is 49.3. The van der Waals surface area contributed by atoms with E-state index in [9.17, 15) is 19.2 Å². The number of amides is 5. The highest BCUT2D eigenvalue weighted by molar-refractivity contribution is 9.10. The highest BCUT2D eigenvalue weighted by atomic mass is 79.9. The first kappa shape index (κ1) is 17.9. The number of likely N-dealkylation sites (N-methyl/N-ethyl adjacent to an activating group) is 1. The smallest absolute Gasteiger partial charge is 0.318 e. The highest BCUT2D eigenvalue weighted by Crippen LogP contribution is 2.15. The molecule has 1 saturated heterocycles. The second-order valence-corrected chi connectivity index (χ2v) is 6.12. The first-order valence-corrected chi connectivity index (χ1v) is 8.08. The van der Waals surface area contributed by atoms with Gasteiger partial charge in [-0.1, -0.05) is 12.1 Å². The lowest BCUT2D eigenvalue weighted by Crippen LogP contribution is -2.42. The van der Waals surface area contributed by atoms with Gasteiger partial charge >= 0.3 is 6.03 Å². The van der Waals surface area contributed by atoms with Crippen LogP contribution in [0, 0.1) is 0 Å².